The molecule has 72 valence electrons. The van der Waals surface area contributed by atoms with Gasteiger partial charge in [-0.25, -0.2) is 4.98 Å². The molecule has 1 unspecified atom stereocenters. The summed E-state index contributed by atoms with van der Waals surface area (Å²) in [4.78, 5) is 4.40. The van der Waals surface area contributed by atoms with Crippen LogP contribution in [0.1, 0.15) is 17.8 Å². The third-order valence-electron chi connectivity index (χ3n) is 2.79. The maximum Gasteiger partial charge on any atom is 0.177 e. The Labute approximate surface area is 86.5 Å². The van der Waals surface area contributed by atoms with Gasteiger partial charge in [-0.05, 0) is 48.2 Å². The van der Waals surface area contributed by atoms with Gasteiger partial charge in [-0.15, -0.1) is 0 Å². The highest BCUT2D eigenvalue weighted by molar-refractivity contribution is 9.10. The van der Waals surface area contributed by atoms with Crippen molar-refractivity contribution in [3.63, 3.8) is 0 Å². The van der Waals surface area contributed by atoms with Crippen LogP contribution in [0.4, 0.5) is 0 Å². The number of imidazole rings is 1. The zero-order valence-corrected chi connectivity index (χ0v) is 9.34. The predicted molar refractivity (Wildman–Crippen MR) is 55.5 cm³/mol. The fourth-order valence-corrected chi connectivity index (χ4v) is 2.58. The Morgan fingerprint density at radius 3 is 3.15 bits per heavy atom. The summed E-state index contributed by atoms with van der Waals surface area (Å²) in [7, 11) is 0. The molecule has 2 rings (SSSR count). The molecule has 1 aliphatic rings. The van der Waals surface area contributed by atoms with Gasteiger partial charge in [-0.1, -0.05) is 0 Å². The summed E-state index contributed by atoms with van der Waals surface area (Å²) >= 11 is 3.47. The van der Waals surface area contributed by atoms with Crippen LogP contribution in [0.25, 0.3) is 0 Å². The van der Waals surface area contributed by atoms with E-state index in [2.05, 4.69) is 32.4 Å². The highest BCUT2D eigenvalue weighted by Gasteiger charge is 2.21. The van der Waals surface area contributed by atoms with Gasteiger partial charge in [0.2, 0.25) is 0 Å². The molecule has 13 heavy (non-hydrogen) atoms. The number of fused-ring (bicyclic) bond motifs is 1. The van der Waals surface area contributed by atoms with Crippen LogP contribution in [0.15, 0.2) is 4.73 Å². The van der Waals surface area contributed by atoms with Crippen molar-refractivity contribution in [2.75, 3.05) is 6.54 Å². The Kier molecular flexibility index (Phi) is 2.43. The minimum Gasteiger partial charge on any atom is -0.330 e. The van der Waals surface area contributed by atoms with Crippen LogP contribution in [0.2, 0.25) is 0 Å². The molecule has 0 saturated heterocycles. The highest BCUT2D eigenvalue weighted by atomic mass is 79.9. The SMILES string of the molecule is Cc1nc(Br)n2c1CCC(CN)C2. The van der Waals surface area contributed by atoms with E-state index >= 15 is 0 Å². The van der Waals surface area contributed by atoms with E-state index < -0.39 is 0 Å². The lowest BCUT2D eigenvalue weighted by Gasteiger charge is -2.23. The quantitative estimate of drug-likeness (QED) is 0.813. The summed E-state index contributed by atoms with van der Waals surface area (Å²) in [6.07, 6.45) is 2.32. The molecule has 1 aromatic rings. The maximum absolute atomic E-state index is 5.67. The third-order valence-corrected chi connectivity index (χ3v) is 3.40. The fourth-order valence-electron chi connectivity index (χ4n) is 1.95. The van der Waals surface area contributed by atoms with E-state index in [4.69, 9.17) is 5.73 Å². The van der Waals surface area contributed by atoms with Crippen molar-refractivity contribution < 1.29 is 0 Å². The molecule has 0 radical (unpaired) electrons. The van der Waals surface area contributed by atoms with Gasteiger partial charge in [0.1, 0.15) is 0 Å². The molecule has 0 bridgehead atoms. The van der Waals surface area contributed by atoms with Gasteiger partial charge in [0, 0.05) is 12.2 Å². The lowest BCUT2D eigenvalue weighted by Crippen LogP contribution is -2.26. The minimum absolute atomic E-state index is 0.623. The van der Waals surface area contributed by atoms with Gasteiger partial charge in [-0.3, -0.25) is 0 Å². The first-order valence-electron chi connectivity index (χ1n) is 4.64. The van der Waals surface area contributed by atoms with Gasteiger partial charge in [0.05, 0.1) is 5.69 Å². The topological polar surface area (TPSA) is 43.8 Å². The molecular formula is C9H14BrN3. The first kappa shape index (κ1) is 9.21. The van der Waals surface area contributed by atoms with Crippen molar-refractivity contribution >= 4 is 15.9 Å². The van der Waals surface area contributed by atoms with Gasteiger partial charge < -0.3 is 10.3 Å². The molecule has 2 heterocycles. The van der Waals surface area contributed by atoms with Crippen LogP contribution in [-0.4, -0.2) is 16.1 Å². The van der Waals surface area contributed by atoms with E-state index in [1.165, 1.54) is 12.1 Å². The van der Waals surface area contributed by atoms with E-state index in [1.54, 1.807) is 0 Å². The molecule has 1 aliphatic heterocycles. The second kappa shape index (κ2) is 3.42. The van der Waals surface area contributed by atoms with Crippen LogP contribution >= 0.6 is 15.9 Å². The largest absolute Gasteiger partial charge is 0.330 e. The summed E-state index contributed by atoms with van der Waals surface area (Å²) in [6.45, 7) is 3.87. The molecule has 1 atom stereocenters. The highest BCUT2D eigenvalue weighted by Crippen LogP contribution is 2.25. The van der Waals surface area contributed by atoms with Gasteiger partial charge in [-0.2, -0.15) is 0 Å². The standard InChI is InChI=1S/C9H14BrN3/c1-6-8-3-2-7(4-11)5-13(8)9(10)12-6/h7H,2-5,11H2,1H3. The molecule has 0 spiro atoms. The molecule has 0 saturated carbocycles. The fraction of sp³-hybridized carbons (Fsp3) is 0.667. The van der Waals surface area contributed by atoms with Crippen molar-refractivity contribution in [2.24, 2.45) is 11.7 Å². The Hall–Kier alpha value is -0.350. The van der Waals surface area contributed by atoms with Crippen molar-refractivity contribution in [2.45, 2.75) is 26.3 Å². The zero-order chi connectivity index (χ0) is 9.42. The molecule has 3 nitrogen and oxygen atoms in total. The average Bonchev–Trinajstić information content (AvgIpc) is 2.42. The molecule has 1 aromatic heterocycles. The number of aromatic nitrogens is 2. The number of hydrogen-bond donors (Lipinski definition) is 1. The molecule has 0 fully saturated rings. The summed E-state index contributed by atoms with van der Waals surface area (Å²) < 4.78 is 3.20. The smallest absolute Gasteiger partial charge is 0.177 e. The van der Waals surface area contributed by atoms with Crippen LogP contribution < -0.4 is 5.73 Å². The van der Waals surface area contributed by atoms with Crippen LogP contribution in [0, 0.1) is 12.8 Å². The number of nitrogens with two attached hydrogens (primary N) is 1. The van der Waals surface area contributed by atoms with Gasteiger partial charge in [0.25, 0.3) is 0 Å². The normalized spacial score (nSPS) is 21.6. The first-order chi connectivity index (χ1) is 6.22. The number of rotatable bonds is 1. The van der Waals surface area contributed by atoms with E-state index in [-0.39, 0.29) is 0 Å². The number of aryl methyl sites for hydroxylation is 1. The van der Waals surface area contributed by atoms with E-state index in [0.717, 1.165) is 29.9 Å². The minimum atomic E-state index is 0.623. The zero-order valence-electron chi connectivity index (χ0n) is 7.76. The molecule has 0 aliphatic carbocycles. The molecule has 0 aromatic carbocycles. The third kappa shape index (κ3) is 1.53. The number of halogens is 1. The average molecular weight is 244 g/mol. The number of hydrogen-bond acceptors (Lipinski definition) is 2. The predicted octanol–water partition coefficient (Wildman–Crippen LogP) is 1.48. The van der Waals surface area contributed by atoms with E-state index in [1.807, 2.05) is 0 Å². The summed E-state index contributed by atoms with van der Waals surface area (Å²) in [5.41, 5.74) is 8.19. The van der Waals surface area contributed by atoms with Gasteiger partial charge in [0.15, 0.2) is 4.73 Å². The van der Waals surface area contributed by atoms with Crippen molar-refractivity contribution in [1.82, 2.24) is 9.55 Å². The first-order valence-corrected chi connectivity index (χ1v) is 5.43. The van der Waals surface area contributed by atoms with Crippen LogP contribution in [0.3, 0.4) is 0 Å². The number of nitrogens with zero attached hydrogens (tertiary/aromatic N) is 2. The Bertz CT molecular complexity index is 319. The molecule has 2 N–H and O–H groups in total. The lowest BCUT2D eigenvalue weighted by molar-refractivity contribution is 0.373. The monoisotopic (exact) mass is 243 g/mol. The Morgan fingerprint density at radius 1 is 1.69 bits per heavy atom. The molecular weight excluding hydrogens is 230 g/mol. The van der Waals surface area contributed by atoms with E-state index in [9.17, 15) is 0 Å². The second-order valence-corrected chi connectivity index (χ2v) is 4.37. The van der Waals surface area contributed by atoms with Crippen molar-refractivity contribution in [1.29, 1.82) is 0 Å². The van der Waals surface area contributed by atoms with Crippen LogP contribution in [0.5, 0.6) is 0 Å². The summed E-state index contributed by atoms with van der Waals surface area (Å²) in [5.74, 6) is 0.623. The lowest BCUT2D eigenvalue weighted by atomic mass is 9.97. The maximum atomic E-state index is 5.67. The van der Waals surface area contributed by atoms with E-state index in [0.29, 0.717) is 5.92 Å². The second-order valence-electron chi connectivity index (χ2n) is 3.66. The van der Waals surface area contributed by atoms with Crippen molar-refractivity contribution in [3.05, 3.63) is 16.1 Å². The summed E-state index contributed by atoms with van der Waals surface area (Å²) in [6, 6.07) is 0. The van der Waals surface area contributed by atoms with Crippen molar-refractivity contribution in [3.8, 4) is 0 Å². The van der Waals surface area contributed by atoms with Crippen LogP contribution in [-0.2, 0) is 13.0 Å². The summed E-state index contributed by atoms with van der Waals surface area (Å²) in [5, 5.41) is 0. The Balaban J connectivity index is 2.33. The molecule has 4 heteroatoms. The van der Waals surface area contributed by atoms with Gasteiger partial charge >= 0.3 is 0 Å². The molecule has 0 amide bonds. The Morgan fingerprint density at radius 2 is 2.46 bits per heavy atom.